The zero-order chi connectivity index (χ0) is 22.1. The molecule has 0 spiro atoms. The zero-order valence-corrected chi connectivity index (χ0v) is 18.6. The van der Waals surface area contributed by atoms with Gasteiger partial charge in [-0.05, 0) is 47.5 Å². The summed E-state index contributed by atoms with van der Waals surface area (Å²) in [6, 6.07) is 23.9. The molecule has 0 bridgehead atoms. The number of hydrogen-bond donors (Lipinski definition) is 0. The van der Waals surface area contributed by atoms with E-state index in [1.54, 1.807) is 7.11 Å². The number of amides is 1. The number of nitrogens with zero attached hydrogens (tertiary/aromatic N) is 3. The molecule has 0 radical (unpaired) electrons. The van der Waals surface area contributed by atoms with Gasteiger partial charge in [-0.2, -0.15) is 0 Å². The van der Waals surface area contributed by atoms with Gasteiger partial charge >= 0.3 is 0 Å². The highest BCUT2D eigenvalue weighted by Gasteiger charge is 2.34. The highest BCUT2D eigenvalue weighted by molar-refractivity contribution is 6.30. The number of rotatable bonds is 6. The summed E-state index contributed by atoms with van der Waals surface area (Å²) in [5.41, 5.74) is 4.28. The smallest absolute Gasteiger partial charge is 0.223 e. The third-order valence-corrected chi connectivity index (χ3v) is 6.30. The number of aromatic nitrogens is 2. The third-order valence-electron chi connectivity index (χ3n) is 6.05. The molecular formula is C26H24ClN3O2. The van der Waals surface area contributed by atoms with E-state index in [1.165, 1.54) is 0 Å². The van der Waals surface area contributed by atoms with Crippen LogP contribution in [0, 0.1) is 0 Å². The molecule has 32 heavy (non-hydrogen) atoms. The van der Waals surface area contributed by atoms with Crippen molar-refractivity contribution in [1.29, 1.82) is 0 Å². The summed E-state index contributed by atoms with van der Waals surface area (Å²) < 4.78 is 7.48. The summed E-state index contributed by atoms with van der Waals surface area (Å²) in [5, 5.41) is 0.722. The Morgan fingerprint density at radius 3 is 2.41 bits per heavy atom. The number of fused-ring (bicyclic) bond motifs is 1. The van der Waals surface area contributed by atoms with Crippen LogP contribution in [0.15, 0.2) is 72.8 Å². The van der Waals surface area contributed by atoms with Crippen molar-refractivity contribution in [1.82, 2.24) is 14.5 Å². The number of para-hydroxylation sites is 2. The maximum Gasteiger partial charge on any atom is 0.223 e. The first-order chi connectivity index (χ1) is 15.6. The molecule has 2 heterocycles. The number of likely N-dealkylation sites (tertiary alicyclic amines) is 1. The lowest BCUT2D eigenvalue weighted by molar-refractivity contribution is -0.128. The van der Waals surface area contributed by atoms with Crippen LogP contribution in [0.2, 0.25) is 5.02 Å². The van der Waals surface area contributed by atoms with Crippen molar-refractivity contribution >= 4 is 28.5 Å². The van der Waals surface area contributed by atoms with E-state index in [0.29, 0.717) is 26.1 Å². The minimum absolute atomic E-state index is 0.0560. The van der Waals surface area contributed by atoms with Gasteiger partial charge in [0.05, 0.1) is 18.1 Å². The third kappa shape index (κ3) is 4.08. The second-order valence-electron chi connectivity index (χ2n) is 8.19. The van der Waals surface area contributed by atoms with Crippen molar-refractivity contribution in [2.45, 2.75) is 25.4 Å². The van der Waals surface area contributed by atoms with E-state index in [0.717, 1.165) is 38.8 Å². The molecule has 5 nitrogen and oxygen atoms in total. The molecule has 5 rings (SSSR count). The molecule has 0 N–H and O–H groups in total. The van der Waals surface area contributed by atoms with Crippen LogP contribution in [-0.2, 0) is 17.9 Å². The second-order valence-corrected chi connectivity index (χ2v) is 8.63. The molecule has 162 valence electrons. The number of benzene rings is 3. The number of imidazole rings is 1. The molecule has 1 unspecified atom stereocenters. The maximum atomic E-state index is 12.9. The Morgan fingerprint density at radius 2 is 1.66 bits per heavy atom. The van der Waals surface area contributed by atoms with Crippen molar-refractivity contribution in [3.63, 3.8) is 0 Å². The molecule has 1 fully saturated rings. The largest absolute Gasteiger partial charge is 0.497 e. The number of hydrogen-bond acceptors (Lipinski definition) is 3. The Morgan fingerprint density at radius 1 is 0.969 bits per heavy atom. The summed E-state index contributed by atoms with van der Waals surface area (Å²) in [6.07, 6.45) is 0.472. The molecule has 6 heteroatoms. The molecule has 3 aromatic carbocycles. The van der Waals surface area contributed by atoms with Gasteiger partial charge in [0.2, 0.25) is 5.91 Å². The zero-order valence-electron chi connectivity index (χ0n) is 17.9. The van der Waals surface area contributed by atoms with Crippen LogP contribution in [-0.4, -0.2) is 34.0 Å². The Bertz CT molecular complexity index is 1250. The molecule has 1 aliphatic rings. The first-order valence-electron chi connectivity index (χ1n) is 10.7. The summed E-state index contributed by atoms with van der Waals surface area (Å²) in [5.74, 6) is 2.00. The highest BCUT2D eigenvalue weighted by Crippen LogP contribution is 2.32. The first kappa shape index (κ1) is 20.6. The Balaban J connectivity index is 1.42. The van der Waals surface area contributed by atoms with E-state index < -0.39 is 0 Å². The number of methoxy groups -OCH3 is 1. The van der Waals surface area contributed by atoms with Crippen molar-refractivity contribution in [2.24, 2.45) is 0 Å². The van der Waals surface area contributed by atoms with Crippen LogP contribution in [0.25, 0.3) is 11.0 Å². The molecule has 1 aromatic heterocycles. The van der Waals surface area contributed by atoms with Crippen molar-refractivity contribution < 1.29 is 9.53 Å². The van der Waals surface area contributed by atoms with Crippen molar-refractivity contribution in [3.05, 3.63) is 94.8 Å². The normalized spacial score (nSPS) is 16.1. The van der Waals surface area contributed by atoms with E-state index >= 15 is 0 Å². The lowest BCUT2D eigenvalue weighted by Gasteiger charge is -2.18. The molecule has 1 amide bonds. The van der Waals surface area contributed by atoms with Gasteiger partial charge in [-0.1, -0.05) is 48.0 Å². The fraction of sp³-hybridized carbons (Fsp3) is 0.231. The Labute approximate surface area is 192 Å². The van der Waals surface area contributed by atoms with E-state index in [2.05, 4.69) is 10.6 Å². The standard InChI is InChI=1S/C26H24ClN3O2/c1-32-22-12-8-18(9-13-22)15-29-17-20(14-25(29)31)26-28-23-4-2-3-5-24(23)30(26)16-19-6-10-21(27)11-7-19/h2-13,20H,14-17H2,1H3. The summed E-state index contributed by atoms with van der Waals surface area (Å²) in [4.78, 5) is 19.7. The topological polar surface area (TPSA) is 47.4 Å². The molecule has 1 atom stereocenters. The van der Waals surface area contributed by atoms with E-state index in [4.69, 9.17) is 21.3 Å². The van der Waals surface area contributed by atoms with Gasteiger partial charge in [-0.3, -0.25) is 4.79 Å². The van der Waals surface area contributed by atoms with Gasteiger partial charge in [0.25, 0.3) is 0 Å². The quantitative estimate of drug-likeness (QED) is 0.406. The number of ether oxygens (including phenoxy) is 1. The minimum atomic E-state index is 0.0560. The maximum absolute atomic E-state index is 12.9. The average Bonchev–Trinajstić information content (AvgIpc) is 3.36. The average molecular weight is 446 g/mol. The minimum Gasteiger partial charge on any atom is -0.497 e. The Kier molecular flexibility index (Phi) is 5.58. The number of carbonyl (C=O) groups is 1. The monoisotopic (exact) mass is 445 g/mol. The van der Waals surface area contributed by atoms with Gasteiger partial charge in [0.15, 0.2) is 0 Å². The Hall–Kier alpha value is -3.31. The van der Waals surface area contributed by atoms with Crippen molar-refractivity contribution in [3.8, 4) is 5.75 Å². The molecule has 0 saturated carbocycles. The lowest BCUT2D eigenvalue weighted by Crippen LogP contribution is -2.24. The molecule has 1 aliphatic heterocycles. The second kappa shape index (κ2) is 8.67. The van der Waals surface area contributed by atoms with Gasteiger partial charge in [0.1, 0.15) is 11.6 Å². The number of carbonyl (C=O) groups excluding carboxylic acids is 1. The van der Waals surface area contributed by atoms with Gasteiger partial charge in [-0.25, -0.2) is 4.98 Å². The molecule has 4 aromatic rings. The van der Waals surface area contributed by atoms with Crippen LogP contribution in [0.5, 0.6) is 5.75 Å². The van der Waals surface area contributed by atoms with Crippen molar-refractivity contribution in [2.75, 3.05) is 13.7 Å². The van der Waals surface area contributed by atoms with Crippen LogP contribution in [0.4, 0.5) is 0 Å². The molecule has 1 saturated heterocycles. The van der Waals surface area contributed by atoms with E-state index in [1.807, 2.05) is 71.6 Å². The predicted octanol–water partition coefficient (Wildman–Crippen LogP) is 5.26. The molecule has 0 aliphatic carbocycles. The summed E-state index contributed by atoms with van der Waals surface area (Å²) in [6.45, 7) is 1.95. The van der Waals surface area contributed by atoms with Gasteiger partial charge in [0, 0.05) is 37.0 Å². The van der Waals surface area contributed by atoms with Crippen LogP contribution >= 0.6 is 11.6 Å². The first-order valence-corrected chi connectivity index (χ1v) is 11.1. The van der Waals surface area contributed by atoms with E-state index in [9.17, 15) is 4.79 Å². The lowest BCUT2D eigenvalue weighted by atomic mass is 10.1. The van der Waals surface area contributed by atoms with Crippen LogP contribution in [0.1, 0.15) is 29.3 Å². The van der Waals surface area contributed by atoms with Crippen LogP contribution in [0.3, 0.4) is 0 Å². The number of halogens is 1. The van der Waals surface area contributed by atoms with E-state index in [-0.39, 0.29) is 11.8 Å². The van der Waals surface area contributed by atoms with Gasteiger partial charge in [-0.15, -0.1) is 0 Å². The molecular weight excluding hydrogens is 422 g/mol. The fourth-order valence-electron chi connectivity index (χ4n) is 4.39. The van der Waals surface area contributed by atoms with Crippen LogP contribution < -0.4 is 4.74 Å². The predicted molar refractivity (Wildman–Crippen MR) is 126 cm³/mol. The highest BCUT2D eigenvalue weighted by atomic mass is 35.5. The summed E-state index contributed by atoms with van der Waals surface area (Å²) in [7, 11) is 1.65. The SMILES string of the molecule is COc1ccc(CN2CC(c3nc4ccccc4n3Cc3ccc(Cl)cc3)CC2=O)cc1. The summed E-state index contributed by atoms with van der Waals surface area (Å²) >= 11 is 6.07. The van der Waals surface area contributed by atoms with Gasteiger partial charge < -0.3 is 14.2 Å². The fourth-order valence-corrected chi connectivity index (χ4v) is 4.52.